The standard InChI is InChI=1S/C18H17NO4/c1-13-19-16-10-9-15(12-17(16)22-13)23-18(20)8-5-11-21-14-6-3-2-4-7-14/h2-4,6-7,9-10,12H,5,8,11H2,1H3. The third-order valence-corrected chi connectivity index (χ3v) is 3.24. The zero-order chi connectivity index (χ0) is 16.1. The summed E-state index contributed by atoms with van der Waals surface area (Å²) in [5.41, 5.74) is 1.36. The topological polar surface area (TPSA) is 61.6 Å². The Balaban J connectivity index is 1.46. The minimum atomic E-state index is -0.294. The highest BCUT2D eigenvalue weighted by molar-refractivity contribution is 5.77. The van der Waals surface area contributed by atoms with Gasteiger partial charge in [0.1, 0.15) is 17.0 Å². The number of hydrogen-bond donors (Lipinski definition) is 0. The van der Waals surface area contributed by atoms with Crippen LogP contribution >= 0.6 is 0 Å². The Kier molecular flexibility index (Phi) is 4.57. The molecule has 2 aromatic carbocycles. The molecule has 5 heteroatoms. The van der Waals surface area contributed by atoms with Crippen molar-refractivity contribution in [3.63, 3.8) is 0 Å². The number of oxazole rings is 1. The molecule has 0 aliphatic carbocycles. The second-order valence-electron chi connectivity index (χ2n) is 5.10. The van der Waals surface area contributed by atoms with Gasteiger partial charge in [-0.25, -0.2) is 4.98 Å². The van der Waals surface area contributed by atoms with E-state index in [9.17, 15) is 4.79 Å². The molecule has 0 bridgehead atoms. The van der Waals surface area contributed by atoms with Gasteiger partial charge in [0.25, 0.3) is 0 Å². The summed E-state index contributed by atoms with van der Waals surface area (Å²) in [4.78, 5) is 16.0. The maximum atomic E-state index is 11.8. The number of hydrogen-bond acceptors (Lipinski definition) is 5. The van der Waals surface area contributed by atoms with Crippen molar-refractivity contribution in [3.05, 3.63) is 54.4 Å². The number of carbonyl (C=O) groups is 1. The Labute approximate surface area is 133 Å². The van der Waals surface area contributed by atoms with E-state index < -0.39 is 0 Å². The van der Waals surface area contributed by atoms with Crippen LogP contribution in [0.1, 0.15) is 18.7 Å². The third kappa shape index (κ3) is 4.10. The van der Waals surface area contributed by atoms with Gasteiger partial charge in [0, 0.05) is 19.4 Å². The molecule has 0 saturated heterocycles. The molecular formula is C18H17NO4. The predicted octanol–water partition coefficient (Wildman–Crippen LogP) is 3.90. The van der Waals surface area contributed by atoms with Gasteiger partial charge in [-0.05, 0) is 30.7 Å². The molecule has 0 aliphatic rings. The largest absolute Gasteiger partial charge is 0.494 e. The van der Waals surface area contributed by atoms with E-state index in [1.165, 1.54) is 0 Å². The minimum absolute atomic E-state index is 0.292. The number of para-hydroxylation sites is 1. The first-order chi connectivity index (χ1) is 11.2. The molecule has 0 radical (unpaired) electrons. The van der Waals surface area contributed by atoms with Crippen LogP contribution in [0.15, 0.2) is 52.9 Å². The van der Waals surface area contributed by atoms with E-state index in [0.29, 0.717) is 36.7 Å². The highest BCUT2D eigenvalue weighted by atomic mass is 16.5. The minimum Gasteiger partial charge on any atom is -0.494 e. The Hall–Kier alpha value is -2.82. The van der Waals surface area contributed by atoms with Crippen molar-refractivity contribution in [1.82, 2.24) is 4.98 Å². The van der Waals surface area contributed by atoms with Crippen LogP contribution in [-0.2, 0) is 4.79 Å². The van der Waals surface area contributed by atoms with Gasteiger partial charge in [-0.1, -0.05) is 18.2 Å². The normalized spacial score (nSPS) is 10.7. The fourth-order valence-corrected chi connectivity index (χ4v) is 2.19. The summed E-state index contributed by atoms with van der Waals surface area (Å²) in [6, 6.07) is 14.7. The van der Waals surface area contributed by atoms with Gasteiger partial charge >= 0.3 is 5.97 Å². The smallest absolute Gasteiger partial charge is 0.311 e. The van der Waals surface area contributed by atoms with Gasteiger partial charge in [0.05, 0.1) is 6.61 Å². The summed E-state index contributed by atoms with van der Waals surface area (Å²) >= 11 is 0. The first-order valence-electron chi connectivity index (χ1n) is 7.46. The first kappa shape index (κ1) is 15.1. The van der Waals surface area contributed by atoms with Crippen LogP contribution in [0.25, 0.3) is 11.1 Å². The van der Waals surface area contributed by atoms with E-state index in [1.54, 1.807) is 25.1 Å². The predicted molar refractivity (Wildman–Crippen MR) is 85.6 cm³/mol. The Morgan fingerprint density at radius 2 is 1.96 bits per heavy atom. The molecule has 0 spiro atoms. The second-order valence-corrected chi connectivity index (χ2v) is 5.10. The average Bonchev–Trinajstić information content (AvgIpc) is 2.92. The lowest BCUT2D eigenvalue weighted by molar-refractivity contribution is -0.134. The Bertz CT molecular complexity index is 795. The van der Waals surface area contributed by atoms with E-state index in [0.717, 1.165) is 11.3 Å². The van der Waals surface area contributed by atoms with E-state index in [-0.39, 0.29) is 5.97 Å². The van der Waals surface area contributed by atoms with Crippen LogP contribution in [-0.4, -0.2) is 17.6 Å². The number of rotatable bonds is 6. The van der Waals surface area contributed by atoms with E-state index in [1.807, 2.05) is 30.3 Å². The third-order valence-electron chi connectivity index (χ3n) is 3.24. The van der Waals surface area contributed by atoms with Crippen LogP contribution in [0.2, 0.25) is 0 Å². The fourth-order valence-electron chi connectivity index (χ4n) is 2.19. The number of fused-ring (bicyclic) bond motifs is 1. The van der Waals surface area contributed by atoms with Crippen molar-refractivity contribution in [3.8, 4) is 11.5 Å². The van der Waals surface area contributed by atoms with Crippen molar-refractivity contribution in [2.75, 3.05) is 6.61 Å². The monoisotopic (exact) mass is 311 g/mol. The molecule has 0 N–H and O–H groups in total. The van der Waals surface area contributed by atoms with Crippen molar-refractivity contribution in [1.29, 1.82) is 0 Å². The molecule has 0 saturated carbocycles. The molecule has 0 fully saturated rings. The molecule has 1 heterocycles. The molecule has 0 amide bonds. The highest BCUT2D eigenvalue weighted by Gasteiger charge is 2.08. The average molecular weight is 311 g/mol. The summed E-state index contributed by atoms with van der Waals surface area (Å²) in [6.07, 6.45) is 0.887. The summed E-state index contributed by atoms with van der Waals surface area (Å²) in [6.45, 7) is 2.25. The van der Waals surface area contributed by atoms with Crippen LogP contribution in [0.4, 0.5) is 0 Å². The summed E-state index contributed by atoms with van der Waals surface area (Å²) in [7, 11) is 0. The molecule has 5 nitrogen and oxygen atoms in total. The molecule has 0 aliphatic heterocycles. The summed E-state index contributed by atoms with van der Waals surface area (Å²) < 4.78 is 16.3. The van der Waals surface area contributed by atoms with Crippen LogP contribution in [0.3, 0.4) is 0 Å². The van der Waals surface area contributed by atoms with Gasteiger partial charge in [-0.15, -0.1) is 0 Å². The molecule has 118 valence electrons. The number of benzene rings is 2. The van der Waals surface area contributed by atoms with Gasteiger partial charge in [0.2, 0.25) is 0 Å². The van der Waals surface area contributed by atoms with E-state index in [2.05, 4.69) is 4.98 Å². The SMILES string of the molecule is Cc1nc2ccc(OC(=O)CCCOc3ccccc3)cc2o1. The summed E-state index contributed by atoms with van der Waals surface area (Å²) in [5, 5.41) is 0. The Morgan fingerprint density at radius 1 is 1.13 bits per heavy atom. The number of aryl methyl sites for hydroxylation is 1. The summed E-state index contributed by atoms with van der Waals surface area (Å²) in [5.74, 6) is 1.55. The number of nitrogens with zero attached hydrogens (tertiary/aromatic N) is 1. The number of ether oxygens (including phenoxy) is 2. The van der Waals surface area contributed by atoms with Crippen LogP contribution < -0.4 is 9.47 Å². The highest BCUT2D eigenvalue weighted by Crippen LogP contribution is 2.21. The molecular weight excluding hydrogens is 294 g/mol. The Morgan fingerprint density at radius 3 is 2.78 bits per heavy atom. The lowest BCUT2D eigenvalue weighted by Gasteiger charge is -2.06. The maximum absolute atomic E-state index is 11.8. The van der Waals surface area contributed by atoms with Crippen LogP contribution in [0, 0.1) is 6.92 Å². The number of carbonyl (C=O) groups excluding carboxylic acids is 1. The van der Waals surface area contributed by atoms with Crippen molar-refractivity contribution >= 4 is 17.1 Å². The zero-order valence-corrected chi connectivity index (χ0v) is 12.8. The van der Waals surface area contributed by atoms with Gasteiger partial charge in [-0.2, -0.15) is 0 Å². The van der Waals surface area contributed by atoms with Crippen molar-refractivity contribution in [2.45, 2.75) is 19.8 Å². The fraction of sp³-hybridized carbons (Fsp3) is 0.222. The maximum Gasteiger partial charge on any atom is 0.311 e. The lowest BCUT2D eigenvalue weighted by atomic mass is 10.3. The van der Waals surface area contributed by atoms with Crippen LogP contribution in [0.5, 0.6) is 11.5 Å². The second kappa shape index (κ2) is 6.96. The molecule has 3 aromatic rings. The number of aromatic nitrogens is 1. The zero-order valence-electron chi connectivity index (χ0n) is 12.8. The van der Waals surface area contributed by atoms with E-state index >= 15 is 0 Å². The van der Waals surface area contributed by atoms with Gasteiger partial charge in [-0.3, -0.25) is 4.79 Å². The lowest BCUT2D eigenvalue weighted by Crippen LogP contribution is -2.09. The van der Waals surface area contributed by atoms with Crippen molar-refractivity contribution in [2.24, 2.45) is 0 Å². The first-order valence-corrected chi connectivity index (χ1v) is 7.46. The molecule has 23 heavy (non-hydrogen) atoms. The number of esters is 1. The molecule has 0 unspecified atom stereocenters. The quantitative estimate of drug-likeness (QED) is 0.392. The van der Waals surface area contributed by atoms with Crippen molar-refractivity contribution < 1.29 is 18.7 Å². The van der Waals surface area contributed by atoms with E-state index in [4.69, 9.17) is 13.9 Å². The van der Waals surface area contributed by atoms with Gasteiger partial charge < -0.3 is 13.9 Å². The molecule has 1 aromatic heterocycles. The molecule has 3 rings (SSSR count). The van der Waals surface area contributed by atoms with Gasteiger partial charge in [0.15, 0.2) is 11.5 Å². The molecule has 0 atom stereocenters.